The number of rotatable bonds is 2. The first-order valence-electron chi connectivity index (χ1n) is 8.90. The maximum Gasteiger partial charge on any atom is 0.239 e. The molecule has 136 valence electrons. The van der Waals surface area contributed by atoms with Gasteiger partial charge in [0, 0.05) is 27.9 Å². The minimum atomic E-state index is 0.488. The van der Waals surface area contributed by atoms with Crippen molar-refractivity contribution >= 4 is 39.3 Å². The van der Waals surface area contributed by atoms with E-state index in [0.29, 0.717) is 16.7 Å². The summed E-state index contributed by atoms with van der Waals surface area (Å²) >= 11 is 5.27. The number of fused-ring (bicyclic) bond motifs is 2. The first kappa shape index (κ1) is 17.1. The summed E-state index contributed by atoms with van der Waals surface area (Å²) in [5.74, 6) is 0.941. The molecular weight excluding hydrogens is 346 g/mol. The lowest BCUT2D eigenvalue weighted by Crippen LogP contribution is -2.34. The molecule has 1 aromatic carbocycles. The van der Waals surface area contributed by atoms with Crippen molar-refractivity contribution in [3.05, 3.63) is 39.6 Å². The number of hydrogen-bond acceptors (Lipinski definition) is 4. The van der Waals surface area contributed by atoms with Crippen molar-refractivity contribution in [2.45, 2.75) is 53.5 Å². The summed E-state index contributed by atoms with van der Waals surface area (Å²) in [4.78, 5) is 0. The van der Waals surface area contributed by atoms with Gasteiger partial charge in [-0.25, -0.2) is 0 Å². The Morgan fingerprint density at radius 3 is 2.31 bits per heavy atom. The molecule has 5 nitrogen and oxygen atoms in total. The fourth-order valence-corrected chi connectivity index (χ4v) is 3.42. The molecule has 26 heavy (non-hydrogen) atoms. The van der Waals surface area contributed by atoms with Crippen LogP contribution in [-0.4, -0.2) is 11.2 Å². The Morgan fingerprint density at radius 1 is 0.962 bits per heavy atom. The SMILES string of the molecule is Cc1oc2c(C)c3oc(=NNC(=S)NC4CC4)c(C)c(C)c3cc2c1C. The maximum absolute atomic E-state index is 6.16. The van der Waals surface area contributed by atoms with Crippen molar-refractivity contribution in [3.8, 4) is 0 Å². The number of aryl methyl sites for hydroxylation is 4. The number of thiocarbonyl (C=S) groups is 1. The molecule has 1 aliphatic carbocycles. The first-order valence-corrected chi connectivity index (χ1v) is 9.31. The molecule has 0 amide bonds. The van der Waals surface area contributed by atoms with Crippen molar-refractivity contribution < 1.29 is 8.83 Å². The molecule has 2 heterocycles. The maximum atomic E-state index is 6.16. The molecule has 2 N–H and O–H groups in total. The van der Waals surface area contributed by atoms with Gasteiger partial charge in [0.15, 0.2) is 5.11 Å². The minimum absolute atomic E-state index is 0.488. The van der Waals surface area contributed by atoms with Crippen molar-refractivity contribution in [3.63, 3.8) is 0 Å². The number of nitrogens with zero attached hydrogens (tertiary/aromatic N) is 1. The zero-order valence-electron chi connectivity index (χ0n) is 15.7. The Balaban J connectivity index is 1.87. The van der Waals surface area contributed by atoms with Gasteiger partial charge in [-0.05, 0) is 76.9 Å². The van der Waals surface area contributed by atoms with Crippen molar-refractivity contribution in [1.29, 1.82) is 0 Å². The van der Waals surface area contributed by atoms with E-state index >= 15 is 0 Å². The van der Waals surface area contributed by atoms with E-state index in [1.165, 1.54) is 5.56 Å². The highest BCUT2D eigenvalue weighted by molar-refractivity contribution is 7.80. The third kappa shape index (κ3) is 2.78. The van der Waals surface area contributed by atoms with E-state index in [9.17, 15) is 0 Å². The van der Waals surface area contributed by atoms with Gasteiger partial charge in [0.1, 0.15) is 16.9 Å². The molecule has 1 fully saturated rings. The number of furan rings is 1. The summed E-state index contributed by atoms with van der Waals surface area (Å²) in [7, 11) is 0. The molecule has 0 unspecified atom stereocenters. The van der Waals surface area contributed by atoms with Crippen LogP contribution in [0.2, 0.25) is 0 Å². The fourth-order valence-electron chi connectivity index (χ4n) is 3.21. The van der Waals surface area contributed by atoms with Gasteiger partial charge >= 0.3 is 0 Å². The Bertz CT molecular complexity index is 1120. The lowest BCUT2D eigenvalue weighted by atomic mass is 10.0. The number of hydrogen-bond donors (Lipinski definition) is 2. The fraction of sp³-hybridized carbons (Fsp3) is 0.400. The molecule has 1 aliphatic rings. The second kappa shape index (κ2) is 6.13. The Morgan fingerprint density at radius 2 is 1.62 bits per heavy atom. The molecule has 0 saturated heterocycles. The summed E-state index contributed by atoms with van der Waals surface area (Å²) in [6, 6.07) is 2.65. The van der Waals surface area contributed by atoms with Crippen LogP contribution in [0.15, 0.2) is 20.0 Å². The monoisotopic (exact) mass is 369 g/mol. The summed E-state index contributed by atoms with van der Waals surface area (Å²) in [6.07, 6.45) is 2.33. The summed E-state index contributed by atoms with van der Waals surface area (Å²) in [5.41, 5.74) is 9.43. The van der Waals surface area contributed by atoms with Crippen LogP contribution < -0.4 is 16.3 Å². The van der Waals surface area contributed by atoms with Crippen LogP contribution in [0.1, 0.15) is 40.9 Å². The predicted molar refractivity (Wildman–Crippen MR) is 107 cm³/mol. The Kier molecular flexibility index (Phi) is 4.03. The molecule has 6 heteroatoms. The van der Waals surface area contributed by atoms with Gasteiger partial charge in [0.2, 0.25) is 5.55 Å². The van der Waals surface area contributed by atoms with Gasteiger partial charge in [-0.3, -0.25) is 5.43 Å². The minimum Gasteiger partial charge on any atom is -0.461 e. The standard InChI is InChI=1S/C20H23N3O2S/c1-9-10(2)19(22-23-20(26)21-14-6-7-14)25-18-12(4)17-16(8-15(9)18)11(3)13(5)24-17/h8,14H,6-7H2,1-5H3,(H2,21,23,26). The lowest BCUT2D eigenvalue weighted by molar-refractivity contribution is 0.518. The summed E-state index contributed by atoms with van der Waals surface area (Å²) < 4.78 is 12.1. The van der Waals surface area contributed by atoms with Crippen LogP contribution in [0.3, 0.4) is 0 Å². The van der Waals surface area contributed by atoms with Crippen molar-refractivity contribution in [1.82, 2.24) is 10.7 Å². The third-order valence-electron chi connectivity index (χ3n) is 5.30. The lowest BCUT2D eigenvalue weighted by Gasteiger charge is -2.10. The molecule has 3 aromatic rings. The van der Waals surface area contributed by atoms with Crippen LogP contribution in [0.4, 0.5) is 0 Å². The van der Waals surface area contributed by atoms with Gasteiger partial charge in [-0.15, -0.1) is 5.10 Å². The molecule has 0 bridgehead atoms. The number of benzene rings is 1. The highest BCUT2D eigenvalue weighted by Gasteiger charge is 2.21. The van der Waals surface area contributed by atoms with Gasteiger partial charge in [-0.2, -0.15) is 0 Å². The highest BCUT2D eigenvalue weighted by atomic mass is 32.1. The normalized spacial score (nSPS) is 15.0. The van der Waals surface area contributed by atoms with Gasteiger partial charge < -0.3 is 14.2 Å². The van der Waals surface area contributed by atoms with E-state index in [2.05, 4.69) is 35.8 Å². The second-order valence-corrected chi connectivity index (χ2v) is 7.57. The summed E-state index contributed by atoms with van der Waals surface area (Å²) in [6.45, 7) is 10.2. The van der Waals surface area contributed by atoms with Gasteiger partial charge in [-0.1, -0.05) is 0 Å². The van der Waals surface area contributed by atoms with Crippen LogP contribution in [-0.2, 0) is 0 Å². The smallest absolute Gasteiger partial charge is 0.239 e. The van der Waals surface area contributed by atoms with E-state index in [0.717, 1.165) is 57.2 Å². The molecule has 1 saturated carbocycles. The molecule has 0 spiro atoms. The topological polar surface area (TPSA) is 62.7 Å². The van der Waals surface area contributed by atoms with Gasteiger partial charge in [0.05, 0.1) is 0 Å². The zero-order valence-corrected chi connectivity index (χ0v) is 16.6. The average Bonchev–Trinajstić information content (AvgIpc) is 3.37. The predicted octanol–water partition coefficient (Wildman–Crippen LogP) is 4.16. The van der Waals surface area contributed by atoms with Crippen LogP contribution in [0, 0.1) is 34.6 Å². The largest absolute Gasteiger partial charge is 0.461 e. The molecule has 2 aromatic heterocycles. The molecular formula is C20H23N3O2S. The van der Waals surface area contributed by atoms with E-state index in [-0.39, 0.29) is 0 Å². The van der Waals surface area contributed by atoms with Crippen LogP contribution >= 0.6 is 12.2 Å². The van der Waals surface area contributed by atoms with Crippen LogP contribution in [0.5, 0.6) is 0 Å². The zero-order chi connectivity index (χ0) is 18.6. The summed E-state index contributed by atoms with van der Waals surface area (Å²) in [5, 5.41) is 10.4. The molecule has 4 rings (SSSR count). The number of nitrogens with one attached hydrogen (secondary N) is 2. The molecule has 0 atom stereocenters. The third-order valence-corrected chi connectivity index (χ3v) is 5.51. The van der Waals surface area contributed by atoms with E-state index in [1.54, 1.807) is 0 Å². The Labute approximate surface area is 157 Å². The molecule has 0 radical (unpaired) electrons. The Hall–Kier alpha value is -2.34. The van der Waals surface area contributed by atoms with E-state index in [1.807, 2.05) is 20.8 Å². The van der Waals surface area contributed by atoms with Crippen LogP contribution in [0.25, 0.3) is 21.9 Å². The van der Waals surface area contributed by atoms with Crippen molar-refractivity contribution in [2.24, 2.45) is 5.10 Å². The highest BCUT2D eigenvalue weighted by Crippen LogP contribution is 2.34. The second-order valence-electron chi connectivity index (χ2n) is 7.17. The quantitative estimate of drug-likeness (QED) is 0.524. The first-order chi connectivity index (χ1) is 12.4. The molecule has 0 aliphatic heterocycles. The van der Waals surface area contributed by atoms with Gasteiger partial charge in [0.25, 0.3) is 0 Å². The van der Waals surface area contributed by atoms with E-state index in [4.69, 9.17) is 21.1 Å². The van der Waals surface area contributed by atoms with Crippen molar-refractivity contribution in [2.75, 3.05) is 0 Å². The average molecular weight is 369 g/mol. The van der Waals surface area contributed by atoms with E-state index < -0.39 is 0 Å².